The molecule has 0 radical (unpaired) electrons. The molecule has 21 heavy (non-hydrogen) atoms. The van der Waals surface area contributed by atoms with E-state index in [2.05, 4.69) is 6.92 Å². The zero-order chi connectivity index (χ0) is 15.2. The Morgan fingerprint density at radius 1 is 1.14 bits per heavy atom. The Morgan fingerprint density at radius 3 is 2.38 bits per heavy atom. The minimum absolute atomic E-state index is 0.354. The van der Waals surface area contributed by atoms with Crippen molar-refractivity contribution in [3.05, 3.63) is 65.2 Å². The molecule has 0 heterocycles. The number of carboxylic acid groups (broad SMARTS) is 1. The van der Waals surface area contributed by atoms with Gasteiger partial charge in [-0.1, -0.05) is 43.3 Å². The summed E-state index contributed by atoms with van der Waals surface area (Å²) in [6.07, 6.45) is 0.453. The molecule has 3 heteroatoms. The molecule has 0 aliphatic carbocycles. The number of hydrogen-bond acceptors (Lipinski definition) is 2. The molecule has 2 aromatic rings. The quantitative estimate of drug-likeness (QED) is 0.881. The van der Waals surface area contributed by atoms with E-state index < -0.39 is 12.1 Å². The first-order valence-electron chi connectivity index (χ1n) is 7.12. The van der Waals surface area contributed by atoms with Crippen LogP contribution >= 0.6 is 0 Å². The average molecular weight is 284 g/mol. The van der Waals surface area contributed by atoms with E-state index in [1.54, 1.807) is 6.07 Å². The fourth-order valence-corrected chi connectivity index (χ4v) is 2.16. The van der Waals surface area contributed by atoms with Crippen LogP contribution in [0.3, 0.4) is 0 Å². The van der Waals surface area contributed by atoms with Gasteiger partial charge in [-0.2, -0.15) is 0 Å². The average Bonchev–Trinajstić information content (AvgIpc) is 2.47. The second-order valence-corrected chi connectivity index (χ2v) is 5.14. The highest BCUT2D eigenvalue weighted by molar-refractivity contribution is 5.73. The van der Waals surface area contributed by atoms with Crippen molar-refractivity contribution < 1.29 is 14.6 Å². The van der Waals surface area contributed by atoms with Crippen LogP contribution < -0.4 is 4.74 Å². The summed E-state index contributed by atoms with van der Waals surface area (Å²) in [6.45, 7) is 4.04. The molecule has 3 nitrogen and oxygen atoms in total. The Kier molecular flexibility index (Phi) is 4.99. The van der Waals surface area contributed by atoms with Crippen LogP contribution in [0.1, 0.15) is 23.6 Å². The Morgan fingerprint density at radius 2 is 1.81 bits per heavy atom. The van der Waals surface area contributed by atoms with E-state index >= 15 is 0 Å². The molecule has 0 amide bonds. The molecular weight excluding hydrogens is 264 g/mol. The number of benzene rings is 2. The van der Waals surface area contributed by atoms with Crippen molar-refractivity contribution >= 4 is 5.97 Å². The van der Waals surface area contributed by atoms with E-state index in [4.69, 9.17) is 4.74 Å². The number of carboxylic acids is 1. The zero-order valence-corrected chi connectivity index (χ0v) is 12.4. The highest BCUT2D eigenvalue weighted by Gasteiger charge is 2.20. The Balaban J connectivity index is 2.10. The number of rotatable bonds is 6. The summed E-state index contributed by atoms with van der Waals surface area (Å²) in [5.41, 5.74) is 3.25. The molecule has 0 spiro atoms. The molecule has 0 saturated heterocycles. The molecule has 0 bridgehead atoms. The van der Waals surface area contributed by atoms with Crippen LogP contribution in [-0.4, -0.2) is 17.2 Å². The predicted octanol–water partition coefficient (Wildman–Crippen LogP) is 3.63. The summed E-state index contributed by atoms with van der Waals surface area (Å²) in [7, 11) is 0. The van der Waals surface area contributed by atoms with Crippen molar-refractivity contribution in [2.75, 3.05) is 0 Å². The summed E-state index contributed by atoms with van der Waals surface area (Å²) in [5.74, 6) is -0.358. The largest absolute Gasteiger partial charge is 0.478 e. The summed E-state index contributed by atoms with van der Waals surface area (Å²) in [6, 6.07) is 15.4. The maximum atomic E-state index is 11.4. The molecule has 0 saturated carbocycles. The summed E-state index contributed by atoms with van der Waals surface area (Å²) < 4.78 is 5.62. The van der Waals surface area contributed by atoms with Gasteiger partial charge < -0.3 is 9.84 Å². The minimum atomic E-state index is -0.948. The molecule has 0 aromatic heterocycles. The van der Waals surface area contributed by atoms with Crippen molar-refractivity contribution in [3.63, 3.8) is 0 Å². The van der Waals surface area contributed by atoms with Gasteiger partial charge in [0.2, 0.25) is 0 Å². The Labute approximate surface area is 125 Å². The molecule has 0 aliphatic rings. The van der Waals surface area contributed by atoms with Gasteiger partial charge in [0.15, 0.2) is 6.10 Å². The molecule has 0 aliphatic heterocycles. The summed E-state index contributed by atoms with van der Waals surface area (Å²) >= 11 is 0. The van der Waals surface area contributed by atoms with Crippen LogP contribution in [0.5, 0.6) is 5.75 Å². The van der Waals surface area contributed by atoms with Crippen LogP contribution in [0, 0.1) is 6.92 Å². The second-order valence-electron chi connectivity index (χ2n) is 5.14. The van der Waals surface area contributed by atoms with Crippen molar-refractivity contribution in [1.29, 1.82) is 0 Å². The van der Waals surface area contributed by atoms with Crippen LogP contribution in [-0.2, 0) is 17.6 Å². The van der Waals surface area contributed by atoms with E-state index in [0.717, 1.165) is 17.5 Å². The zero-order valence-electron chi connectivity index (χ0n) is 12.4. The molecule has 1 unspecified atom stereocenters. The van der Waals surface area contributed by atoms with Crippen LogP contribution in [0.4, 0.5) is 0 Å². The number of hydrogen-bond donors (Lipinski definition) is 1. The van der Waals surface area contributed by atoms with Gasteiger partial charge in [-0.3, -0.25) is 0 Å². The Hall–Kier alpha value is -2.29. The molecule has 2 rings (SSSR count). The number of aryl methyl sites for hydroxylation is 2. The van der Waals surface area contributed by atoms with Gasteiger partial charge in [0, 0.05) is 6.42 Å². The first-order valence-corrected chi connectivity index (χ1v) is 7.12. The molecule has 1 atom stereocenters. The second kappa shape index (κ2) is 6.93. The van der Waals surface area contributed by atoms with E-state index in [-0.39, 0.29) is 0 Å². The van der Waals surface area contributed by atoms with Gasteiger partial charge >= 0.3 is 5.97 Å². The van der Waals surface area contributed by atoms with Gasteiger partial charge in [-0.15, -0.1) is 0 Å². The van der Waals surface area contributed by atoms with E-state index in [0.29, 0.717) is 12.2 Å². The monoisotopic (exact) mass is 284 g/mol. The van der Waals surface area contributed by atoms with Gasteiger partial charge in [0.25, 0.3) is 0 Å². The van der Waals surface area contributed by atoms with Crippen LogP contribution in [0.15, 0.2) is 48.5 Å². The van der Waals surface area contributed by atoms with Crippen LogP contribution in [0.2, 0.25) is 0 Å². The maximum absolute atomic E-state index is 11.4. The fourth-order valence-electron chi connectivity index (χ4n) is 2.16. The molecule has 110 valence electrons. The van der Waals surface area contributed by atoms with Crippen LogP contribution in [0.25, 0.3) is 0 Å². The molecule has 2 aromatic carbocycles. The van der Waals surface area contributed by atoms with E-state index in [1.807, 2.05) is 49.4 Å². The smallest absolute Gasteiger partial charge is 0.345 e. The third kappa shape index (κ3) is 4.35. The number of carbonyl (C=O) groups is 1. The highest BCUT2D eigenvalue weighted by Crippen LogP contribution is 2.17. The van der Waals surface area contributed by atoms with Crippen molar-refractivity contribution in [3.8, 4) is 5.75 Å². The molecule has 0 fully saturated rings. The normalized spacial score (nSPS) is 11.9. The van der Waals surface area contributed by atoms with Gasteiger partial charge in [-0.25, -0.2) is 4.79 Å². The predicted molar refractivity (Wildman–Crippen MR) is 82.8 cm³/mol. The van der Waals surface area contributed by atoms with Crippen molar-refractivity contribution in [2.24, 2.45) is 0 Å². The molecular formula is C18H20O3. The van der Waals surface area contributed by atoms with E-state index in [9.17, 15) is 9.90 Å². The first-order chi connectivity index (χ1) is 10.1. The highest BCUT2D eigenvalue weighted by atomic mass is 16.5. The third-order valence-corrected chi connectivity index (χ3v) is 3.40. The lowest BCUT2D eigenvalue weighted by molar-refractivity contribution is -0.145. The summed E-state index contributed by atoms with van der Waals surface area (Å²) in [5, 5.41) is 9.34. The number of ether oxygens (including phenoxy) is 1. The SMILES string of the molecule is CCc1ccc(CC(Oc2cccc(C)c2)C(=O)O)cc1. The van der Waals surface area contributed by atoms with Crippen molar-refractivity contribution in [1.82, 2.24) is 0 Å². The topological polar surface area (TPSA) is 46.5 Å². The standard InChI is InChI=1S/C18H20O3/c1-3-14-7-9-15(10-8-14)12-17(18(19)20)21-16-6-4-5-13(2)11-16/h4-11,17H,3,12H2,1-2H3,(H,19,20). The first kappa shape index (κ1) is 15.1. The minimum Gasteiger partial charge on any atom is -0.478 e. The fraction of sp³-hybridized carbons (Fsp3) is 0.278. The third-order valence-electron chi connectivity index (χ3n) is 3.40. The number of aliphatic carboxylic acids is 1. The van der Waals surface area contributed by atoms with Gasteiger partial charge in [0.05, 0.1) is 0 Å². The van der Waals surface area contributed by atoms with Gasteiger partial charge in [0.1, 0.15) is 5.75 Å². The maximum Gasteiger partial charge on any atom is 0.345 e. The van der Waals surface area contributed by atoms with E-state index in [1.165, 1.54) is 5.56 Å². The lowest BCUT2D eigenvalue weighted by Gasteiger charge is -2.15. The molecule has 1 N–H and O–H groups in total. The lowest BCUT2D eigenvalue weighted by atomic mass is 10.0. The van der Waals surface area contributed by atoms with Crippen molar-refractivity contribution in [2.45, 2.75) is 32.8 Å². The lowest BCUT2D eigenvalue weighted by Crippen LogP contribution is -2.29. The summed E-state index contributed by atoms with van der Waals surface area (Å²) in [4.78, 5) is 11.4. The van der Waals surface area contributed by atoms with Gasteiger partial charge in [-0.05, 0) is 42.2 Å². The Bertz CT molecular complexity index is 602.